The molecule has 3 heteroatoms. The molecular formula is C72H47N3. The van der Waals surface area contributed by atoms with Gasteiger partial charge in [-0.25, -0.2) is 0 Å². The van der Waals surface area contributed by atoms with Gasteiger partial charge in [-0.2, -0.15) is 0 Å². The number of hydrogen-bond acceptors (Lipinski definition) is 2. The Bertz CT molecular complexity index is 3930. The van der Waals surface area contributed by atoms with E-state index in [1.165, 1.54) is 55.6 Å². The first-order valence-electron chi connectivity index (χ1n) is 25.6. The molecule has 350 valence electrons. The normalized spacial score (nSPS) is 11.5. The van der Waals surface area contributed by atoms with Crippen molar-refractivity contribution in [2.75, 3.05) is 0 Å². The average Bonchev–Trinajstić information content (AvgIpc) is 3.94. The van der Waals surface area contributed by atoms with Crippen LogP contribution in [0.15, 0.2) is 285 Å². The summed E-state index contributed by atoms with van der Waals surface area (Å²) in [6.45, 7) is 0. The molecule has 75 heavy (non-hydrogen) atoms. The molecule has 13 aromatic carbocycles. The second-order valence-electron chi connectivity index (χ2n) is 19.3. The van der Waals surface area contributed by atoms with Gasteiger partial charge >= 0.3 is 0 Å². The molecular weight excluding hydrogens is 907 g/mol. The molecule has 0 unspecified atom stereocenters. The third-order valence-corrected chi connectivity index (χ3v) is 14.9. The standard InChI is InChI=1S/C72H47N3/c1-6-24-48(25-7-1)52-42-53(49-26-8-2-9-27-49)45-56(44-52)67-59-34-16-20-38-63(59)69(64-39-21-17-35-60(64)67)71-73-74-72(75(71)58-32-14-5-15-33-58)70-65-40-22-18-36-61(65)68(62-37-19-23-41-66(62)70)57-46-54(50-28-10-3-11-29-50)43-55(47-57)51-30-12-4-13-31-51/h1-47H. The van der Waals surface area contributed by atoms with Crippen molar-refractivity contribution in [2.45, 2.75) is 0 Å². The van der Waals surface area contributed by atoms with Gasteiger partial charge in [-0.05, 0) is 158 Å². The van der Waals surface area contributed by atoms with E-state index in [-0.39, 0.29) is 0 Å². The maximum Gasteiger partial charge on any atom is 0.170 e. The van der Waals surface area contributed by atoms with Gasteiger partial charge in [0, 0.05) is 16.8 Å². The van der Waals surface area contributed by atoms with Crippen LogP contribution in [0, 0.1) is 0 Å². The van der Waals surface area contributed by atoms with Crippen LogP contribution < -0.4 is 0 Å². The van der Waals surface area contributed by atoms with Crippen LogP contribution in [0.2, 0.25) is 0 Å². The van der Waals surface area contributed by atoms with E-state index in [4.69, 9.17) is 10.2 Å². The highest BCUT2D eigenvalue weighted by atomic mass is 15.3. The van der Waals surface area contributed by atoms with E-state index in [0.29, 0.717) is 0 Å². The monoisotopic (exact) mass is 953 g/mol. The van der Waals surface area contributed by atoms with E-state index in [0.717, 1.165) is 82.7 Å². The van der Waals surface area contributed by atoms with Gasteiger partial charge in [0.1, 0.15) is 0 Å². The lowest BCUT2D eigenvalue weighted by Gasteiger charge is -2.21. The molecule has 0 saturated carbocycles. The Labute approximate surface area is 435 Å². The first kappa shape index (κ1) is 43.8. The molecule has 14 aromatic rings. The molecule has 1 aromatic heterocycles. The van der Waals surface area contributed by atoms with Crippen LogP contribution in [-0.2, 0) is 0 Å². The number of aromatic nitrogens is 3. The van der Waals surface area contributed by atoms with Gasteiger partial charge in [0.25, 0.3) is 0 Å². The van der Waals surface area contributed by atoms with E-state index >= 15 is 0 Å². The third kappa shape index (κ3) is 7.69. The molecule has 0 aliphatic heterocycles. The van der Waals surface area contributed by atoms with Crippen LogP contribution in [0.5, 0.6) is 0 Å². The minimum absolute atomic E-state index is 0.776. The third-order valence-electron chi connectivity index (χ3n) is 14.9. The van der Waals surface area contributed by atoms with Crippen molar-refractivity contribution in [3.05, 3.63) is 285 Å². The van der Waals surface area contributed by atoms with Crippen LogP contribution in [0.1, 0.15) is 0 Å². The van der Waals surface area contributed by atoms with Crippen LogP contribution in [0.3, 0.4) is 0 Å². The number of fused-ring (bicyclic) bond motifs is 4. The molecule has 14 rings (SSSR count). The molecule has 0 amide bonds. The van der Waals surface area contributed by atoms with Crippen LogP contribution >= 0.6 is 0 Å². The minimum atomic E-state index is 0.776. The summed E-state index contributed by atoms with van der Waals surface area (Å²) in [6.07, 6.45) is 0. The zero-order chi connectivity index (χ0) is 49.7. The van der Waals surface area contributed by atoms with Crippen molar-refractivity contribution in [1.29, 1.82) is 0 Å². The molecule has 0 fully saturated rings. The fourth-order valence-electron chi connectivity index (χ4n) is 11.5. The van der Waals surface area contributed by atoms with E-state index in [1.54, 1.807) is 0 Å². The predicted octanol–water partition coefficient (Wildman–Crippen LogP) is 19.2. The second-order valence-corrected chi connectivity index (χ2v) is 19.3. The van der Waals surface area contributed by atoms with Crippen LogP contribution in [0.25, 0.3) is 138 Å². The first-order valence-corrected chi connectivity index (χ1v) is 25.6. The molecule has 0 atom stereocenters. The Morgan fingerprint density at radius 1 is 0.187 bits per heavy atom. The molecule has 0 bridgehead atoms. The maximum atomic E-state index is 5.35. The Kier molecular flexibility index (Phi) is 10.8. The number of benzene rings is 13. The fourth-order valence-corrected chi connectivity index (χ4v) is 11.5. The van der Waals surface area contributed by atoms with Crippen LogP contribution in [0.4, 0.5) is 0 Å². The number of rotatable bonds is 9. The van der Waals surface area contributed by atoms with Gasteiger partial charge in [-0.15, -0.1) is 10.2 Å². The largest absolute Gasteiger partial charge is 0.275 e. The van der Waals surface area contributed by atoms with E-state index < -0.39 is 0 Å². The Morgan fingerprint density at radius 3 is 0.667 bits per heavy atom. The molecule has 0 aliphatic carbocycles. The summed E-state index contributed by atoms with van der Waals surface area (Å²) in [7, 11) is 0. The Morgan fingerprint density at radius 2 is 0.400 bits per heavy atom. The first-order chi connectivity index (χ1) is 37.2. The zero-order valence-electron chi connectivity index (χ0n) is 41.0. The van der Waals surface area contributed by atoms with E-state index in [2.05, 4.69) is 290 Å². The van der Waals surface area contributed by atoms with E-state index in [1.807, 2.05) is 0 Å². The summed E-state index contributed by atoms with van der Waals surface area (Å²) in [6, 6.07) is 103. The topological polar surface area (TPSA) is 30.7 Å². The lowest BCUT2D eigenvalue weighted by Crippen LogP contribution is -2.03. The smallest absolute Gasteiger partial charge is 0.170 e. The summed E-state index contributed by atoms with van der Waals surface area (Å²) < 4.78 is 2.30. The number of nitrogens with zero attached hydrogens (tertiary/aromatic N) is 3. The number of para-hydroxylation sites is 1. The van der Waals surface area contributed by atoms with Gasteiger partial charge in [-0.3, -0.25) is 4.57 Å². The molecule has 0 N–H and O–H groups in total. The molecule has 0 spiro atoms. The summed E-state index contributed by atoms with van der Waals surface area (Å²) >= 11 is 0. The van der Waals surface area contributed by atoms with Gasteiger partial charge < -0.3 is 0 Å². The highest BCUT2D eigenvalue weighted by molar-refractivity contribution is 6.23. The molecule has 0 radical (unpaired) electrons. The quantitative estimate of drug-likeness (QED) is 0.135. The SMILES string of the molecule is c1ccc(-c2cc(-c3ccccc3)cc(-c3c4ccccc4c(-c4nnc(-c5c6ccccc6c(-c6cc(-c7ccccc7)cc(-c7ccccc7)c6)c6ccccc56)n4-c4ccccc4)c4ccccc34)c2)cc1. The summed E-state index contributed by atoms with van der Waals surface area (Å²) in [5, 5.41) is 19.7. The van der Waals surface area contributed by atoms with Crippen LogP contribution in [-0.4, -0.2) is 14.8 Å². The van der Waals surface area contributed by atoms with Gasteiger partial charge in [-0.1, -0.05) is 237 Å². The fraction of sp³-hybridized carbons (Fsp3) is 0. The summed E-state index contributed by atoms with van der Waals surface area (Å²) in [4.78, 5) is 0. The van der Waals surface area contributed by atoms with Crippen molar-refractivity contribution in [1.82, 2.24) is 14.8 Å². The zero-order valence-corrected chi connectivity index (χ0v) is 41.0. The highest BCUT2D eigenvalue weighted by Gasteiger charge is 2.27. The summed E-state index contributed by atoms with van der Waals surface area (Å²) in [5.41, 5.74) is 17.1. The molecule has 0 saturated heterocycles. The maximum absolute atomic E-state index is 5.35. The molecule has 1 heterocycles. The minimum Gasteiger partial charge on any atom is -0.275 e. The Balaban J connectivity index is 1.04. The van der Waals surface area contributed by atoms with Gasteiger partial charge in [0.15, 0.2) is 11.6 Å². The van der Waals surface area contributed by atoms with Crippen molar-refractivity contribution < 1.29 is 0 Å². The predicted molar refractivity (Wildman–Crippen MR) is 315 cm³/mol. The van der Waals surface area contributed by atoms with E-state index in [9.17, 15) is 0 Å². The van der Waals surface area contributed by atoms with Gasteiger partial charge in [0.05, 0.1) is 0 Å². The second kappa shape index (κ2) is 18.6. The number of hydrogen-bond donors (Lipinski definition) is 0. The Hall–Kier alpha value is -9.96. The lowest BCUT2D eigenvalue weighted by atomic mass is 9.85. The highest BCUT2D eigenvalue weighted by Crippen LogP contribution is 2.49. The van der Waals surface area contributed by atoms with Gasteiger partial charge in [0.2, 0.25) is 0 Å². The average molecular weight is 954 g/mol. The lowest BCUT2D eigenvalue weighted by molar-refractivity contribution is 1.08. The molecule has 0 aliphatic rings. The van der Waals surface area contributed by atoms with Crippen molar-refractivity contribution in [2.24, 2.45) is 0 Å². The van der Waals surface area contributed by atoms with Crippen molar-refractivity contribution in [3.63, 3.8) is 0 Å². The van der Waals surface area contributed by atoms with Crippen molar-refractivity contribution in [3.8, 4) is 95.2 Å². The molecule has 3 nitrogen and oxygen atoms in total. The summed E-state index contributed by atoms with van der Waals surface area (Å²) in [5.74, 6) is 1.55. The van der Waals surface area contributed by atoms with Crippen molar-refractivity contribution >= 4 is 43.1 Å².